The van der Waals surface area contributed by atoms with Gasteiger partial charge in [0.05, 0.1) is 25.4 Å². The minimum absolute atomic E-state index is 0.0333. The van der Waals surface area contributed by atoms with Crippen molar-refractivity contribution >= 4 is 0 Å². The summed E-state index contributed by atoms with van der Waals surface area (Å²) in [5.74, 6) is 0. The fraction of sp³-hybridized carbons (Fsp3) is 0.571. The molecule has 3 nitrogen and oxygen atoms in total. The Balaban J connectivity index is 1.94. The van der Waals surface area contributed by atoms with Gasteiger partial charge in [0, 0.05) is 7.11 Å². The molecule has 2 rings (SSSR count). The number of hydrogen-bond acceptors (Lipinski definition) is 3. The van der Waals surface area contributed by atoms with Crippen LogP contribution in [-0.2, 0) is 15.9 Å². The standard InChI is InChI=1S/C14H21NO2/c1-16-9-12(15)10-17-14-8-4-6-11-5-2-3-7-13(11)14/h2-3,5,7,12,14H,4,6,8-10,15H2,1H3. The zero-order valence-corrected chi connectivity index (χ0v) is 10.4. The SMILES string of the molecule is COCC(N)COC1CCCc2ccccc21. The van der Waals surface area contributed by atoms with Crippen LogP contribution in [0.2, 0.25) is 0 Å². The first-order valence-corrected chi connectivity index (χ1v) is 6.25. The minimum Gasteiger partial charge on any atom is -0.383 e. The molecule has 94 valence electrons. The maximum atomic E-state index is 5.92. The highest BCUT2D eigenvalue weighted by Gasteiger charge is 2.20. The minimum atomic E-state index is -0.0333. The van der Waals surface area contributed by atoms with Crippen molar-refractivity contribution in [1.82, 2.24) is 0 Å². The van der Waals surface area contributed by atoms with Crippen LogP contribution in [0.4, 0.5) is 0 Å². The Kier molecular flexibility index (Phi) is 4.54. The lowest BCUT2D eigenvalue weighted by atomic mass is 9.89. The molecular formula is C14H21NO2. The highest BCUT2D eigenvalue weighted by atomic mass is 16.5. The van der Waals surface area contributed by atoms with E-state index in [-0.39, 0.29) is 12.1 Å². The topological polar surface area (TPSA) is 44.5 Å². The molecule has 0 aromatic heterocycles. The summed E-state index contributed by atoms with van der Waals surface area (Å²) in [6.45, 7) is 1.11. The Bertz CT molecular complexity index is 354. The van der Waals surface area contributed by atoms with Gasteiger partial charge < -0.3 is 15.2 Å². The highest BCUT2D eigenvalue weighted by Crippen LogP contribution is 2.32. The third-order valence-electron chi connectivity index (χ3n) is 3.21. The van der Waals surface area contributed by atoms with Gasteiger partial charge in [-0.25, -0.2) is 0 Å². The van der Waals surface area contributed by atoms with E-state index in [1.807, 2.05) is 0 Å². The van der Waals surface area contributed by atoms with Crippen LogP contribution in [0.1, 0.15) is 30.1 Å². The van der Waals surface area contributed by atoms with Crippen LogP contribution in [0.5, 0.6) is 0 Å². The summed E-state index contributed by atoms with van der Waals surface area (Å²) in [6, 6.07) is 8.50. The predicted molar refractivity (Wildman–Crippen MR) is 67.9 cm³/mol. The molecule has 1 aliphatic rings. The number of fused-ring (bicyclic) bond motifs is 1. The number of nitrogens with two attached hydrogens (primary N) is 1. The number of methoxy groups -OCH3 is 1. The van der Waals surface area contributed by atoms with Gasteiger partial charge in [-0.3, -0.25) is 0 Å². The molecule has 0 saturated heterocycles. The molecule has 1 aromatic carbocycles. The first-order chi connectivity index (χ1) is 8.31. The van der Waals surface area contributed by atoms with Gasteiger partial charge in [-0.1, -0.05) is 24.3 Å². The number of ether oxygens (including phenoxy) is 2. The summed E-state index contributed by atoms with van der Waals surface area (Å²) in [7, 11) is 1.66. The molecule has 2 atom stereocenters. The summed E-state index contributed by atoms with van der Waals surface area (Å²) >= 11 is 0. The molecule has 0 amide bonds. The predicted octanol–water partition coefficient (Wildman–Crippen LogP) is 2.05. The van der Waals surface area contributed by atoms with E-state index in [2.05, 4.69) is 24.3 Å². The third kappa shape index (κ3) is 3.28. The summed E-state index contributed by atoms with van der Waals surface area (Å²) < 4.78 is 10.9. The zero-order valence-electron chi connectivity index (χ0n) is 10.4. The van der Waals surface area contributed by atoms with Crippen LogP contribution < -0.4 is 5.73 Å². The molecule has 2 N–H and O–H groups in total. The van der Waals surface area contributed by atoms with Crippen LogP contribution in [0.3, 0.4) is 0 Å². The van der Waals surface area contributed by atoms with Crippen molar-refractivity contribution in [2.24, 2.45) is 5.73 Å². The summed E-state index contributed by atoms with van der Waals surface area (Å²) in [5.41, 5.74) is 8.63. The second-order valence-electron chi connectivity index (χ2n) is 4.63. The summed E-state index contributed by atoms with van der Waals surface area (Å²) in [5, 5.41) is 0. The monoisotopic (exact) mass is 235 g/mol. The molecule has 1 aromatic rings. The Morgan fingerprint density at radius 3 is 3.00 bits per heavy atom. The van der Waals surface area contributed by atoms with Gasteiger partial charge in [0.2, 0.25) is 0 Å². The van der Waals surface area contributed by atoms with E-state index in [4.69, 9.17) is 15.2 Å². The fourth-order valence-electron chi connectivity index (χ4n) is 2.38. The molecule has 0 bridgehead atoms. The molecule has 17 heavy (non-hydrogen) atoms. The molecule has 2 unspecified atom stereocenters. The Morgan fingerprint density at radius 2 is 2.18 bits per heavy atom. The van der Waals surface area contributed by atoms with Crippen molar-refractivity contribution in [2.75, 3.05) is 20.3 Å². The van der Waals surface area contributed by atoms with E-state index in [0.29, 0.717) is 13.2 Å². The van der Waals surface area contributed by atoms with Gasteiger partial charge in [0.25, 0.3) is 0 Å². The van der Waals surface area contributed by atoms with Gasteiger partial charge in [-0.15, -0.1) is 0 Å². The Hall–Kier alpha value is -0.900. The highest BCUT2D eigenvalue weighted by molar-refractivity contribution is 5.31. The maximum absolute atomic E-state index is 5.92. The second kappa shape index (κ2) is 6.15. The lowest BCUT2D eigenvalue weighted by Crippen LogP contribution is -2.32. The smallest absolute Gasteiger partial charge is 0.0828 e. The Morgan fingerprint density at radius 1 is 1.35 bits per heavy atom. The summed E-state index contributed by atoms with van der Waals surface area (Å²) in [6.07, 6.45) is 3.67. The van der Waals surface area contributed by atoms with Gasteiger partial charge in [-0.2, -0.15) is 0 Å². The van der Waals surface area contributed by atoms with Crippen molar-refractivity contribution in [1.29, 1.82) is 0 Å². The van der Waals surface area contributed by atoms with Crippen molar-refractivity contribution in [3.8, 4) is 0 Å². The number of aryl methyl sites for hydroxylation is 1. The Labute approximate surface area is 103 Å². The van der Waals surface area contributed by atoms with Crippen LogP contribution >= 0.6 is 0 Å². The zero-order chi connectivity index (χ0) is 12.1. The molecular weight excluding hydrogens is 214 g/mol. The lowest BCUT2D eigenvalue weighted by molar-refractivity contribution is 0.0189. The van der Waals surface area contributed by atoms with Crippen molar-refractivity contribution in [3.63, 3.8) is 0 Å². The fourth-order valence-corrected chi connectivity index (χ4v) is 2.38. The van der Waals surface area contributed by atoms with Crippen LogP contribution in [0.25, 0.3) is 0 Å². The van der Waals surface area contributed by atoms with Crippen LogP contribution in [-0.4, -0.2) is 26.4 Å². The van der Waals surface area contributed by atoms with E-state index >= 15 is 0 Å². The largest absolute Gasteiger partial charge is 0.383 e. The molecule has 0 fully saturated rings. The van der Waals surface area contributed by atoms with Crippen molar-refractivity contribution in [2.45, 2.75) is 31.4 Å². The summed E-state index contributed by atoms with van der Waals surface area (Å²) in [4.78, 5) is 0. The third-order valence-corrected chi connectivity index (χ3v) is 3.21. The van der Waals surface area contributed by atoms with Gasteiger partial charge in [0.1, 0.15) is 0 Å². The van der Waals surface area contributed by atoms with Crippen LogP contribution in [0, 0.1) is 0 Å². The second-order valence-corrected chi connectivity index (χ2v) is 4.63. The van der Waals surface area contributed by atoms with Crippen LogP contribution in [0.15, 0.2) is 24.3 Å². The van der Waals surface area contributed by atoms with E-state index in [9.17, 15) is 0 Å². The molecule has 3 heteroatoms. The molecule has 0 aliphatic heterocycles. The number of hydrogen-bond donors (Lipinski definition) is 1. The van der Waals surface area contributed by atoms with Gasteiger partial charge >= 0.3 is 0 Å². The molecule has 0 heterocycles. The molecule has 0 spiro atoms. The lowest BCUT2D eigenvalue weighted by Gasteiger charge is -2.26. The van der Waals surface area contributed by atoms with Gasteiger partial charge in [0.15, 0.2) is 0 Å². The first kappa shape index (κ1) is 12.6. The van der Waals surface area contributed by atoms with E-state index < -0.39 is 0 Å². The first-order valence-electron chi connectivity index (χ1n) is 6.25. The average molecular weight is 235 g/mol. The van der Waals surface area contributed by atoms with E-state index in [1.165, 1.54) is 24.0 Å². The number of rotatable bonds is 5. The van der Waals surface area contributed by atoms with Gasteiger partial charge in [-0.05, 0) is 30.4 Å². The normalized spacial score (nSPS) is 20.9. The molecule has 0 saturated carbocycles. The molecule has 0 radical (unpaired) electrons. The van der Waals surface area contributed by atoms with Crippen molar-refractivity contribution in [3.05, 3.63) is 35.4 Å². The number of benzene rings is 1. The molecule has 1 aliphatic carbocycles. The van der Waals surface area contributed by atoms with Crippen molar-refractivity contribution < 1.29 is 9.47 Å². The quantitative estimate of drug-likeness (QED) is 0.849. The average Bonchev–Trinajstić information content (AvgIpc) is 2.36. The van der Waals surface area contributed by atoms with E-state index in [0.717, 1.165) is 6.42 Å². The maximum Gasteiger partial charge on any atom is 0.0828 e. The van der Waals surface area contributed by atoms with E-state index in [1.54, 1.807) is 7.11 Å².